The molecule has 0 bridgehead atoms. The first kappa shape index (κ1) is 22.1. The van der Waals surface area contributed by atoms with Gasteiger partial charge in [0.05, 0.1) is 31.2 Å². The SMILES string of the molecule is Cc1nc(-c2ccc(NC(=O)c3sc(NC(=O)c4ccc(F)cc4Cl)cc3C)cc2)cs1. The zero-order chi connectivity index (χ0) is 22.8. The van der Waals surface area contributed by atoms with Gasteiger partial charge in [0.2, 0.25) is 0 Å². The van der Waals surface area contributed by atoms with Crippen LogP contribution < -0.4 is 10.6 Å². The van der Waals surface area contributed by atoms with Crippen molar-refractivity contribution in [3.63, 3.8) is 0 Å². The highest BCUT2D eigenvalue weighted by atomic mass is 35.5. The number of anilines is 2. The number of aryl methyl sites for hydroxylation is 2. The van der Waals surface area contributed by atoms with E-state index < -0.39 is 11.7 Å². The molecule has 0 saturated carbocycles. The van der Waals surface area contributed by atoms with Gasteiger partial charge < -0.3 is 10.6 Å². The molecule has 0 saturated heterocycles. The summed E-state index contributed by atoms with van der Waals surface area (Å²) in [6, 6.07) is 12.7. The predicted octanol–water partition coefficient (Wildman–Crippen LogP) is 6.79. The Labute approximate surface area is 196 Å². The van der Waals surface area contributed by atoms with Gasteiger partial charge >= 0.3 is 0 Å². The Kier molecular flexibility index (Phi) is 6.36. The monoisotopic (exact) mass is 485 g/mol. The van der Waals surface area contributed by atoms with Crippen molar-refractivity contribution in [3.8, 4) is 11.3 Å². The van der Waals surface area contributed by atoms with E-state index in [1.165, 1.54) is 12.1 Å². The molecule has 0 aliphatic heterocycles. The Morgan fingerprint density at radius 1 is 1.00 bits per heavy atom. The van der Waals surface area contributed by atoms with Crippen molar-refractivity contribution >= 4 is 56.8 Å². The van der Waals surface area contributed by atoms with E-state index >= 15 is 0 Å². The first-order valence-corrected chi connectivity index (χ1v) is 11.6. The number of nitrogens with zero attached hydrogens (tertiary/aromatic N) is 1. The van der Waals surface area contributed by atoms with E-state index in [-0.39, 0.29) is 16.5 Å². The fourth-order valence-corrected chi connectivity index (χ4v) is 4.87. The topological polar surface area (TPSA) is 71.1 Å². The third-order valence-electron chi connectivity index (χ3n) is 4.59. The van der Waals surface area contributed by atoms with Crippen LogP contribution in [0.5, 0.6) is 0 Å². The minimum absolute atomic E-state index is 0.0185. The van der Waals surface area contributed by atoms with Crippen molar-refractivity contribution in [2.24, 2.45) is 0 Å². The number of halogens is 2. The summed E-state index contributed by atoms with van der Waals surface area (Å²) in [6.07, 6.45) is 0. The number of nitrogens with one attached hydrogen (secondary N) is 2. The molecule has 2 heterocycles. The second-order valence-corrected chi connectivity index (χ2v) is 9.51. The van der Waals surface area contributed by atoms with Gasteiger partial charge in [0.25, 0.3) is 11.8 Å². The summed E-state index contributed by atoms with van der Waals surface area (Å²) in [5, 5.41) is 9.09. The molecule has 0 aliphatic rings. The molecule has 5 nitrogen and oxygen atoms in total. The van der Waals surface area contributed by atoms with Gasteiger partial charge in [0.1, 0.15) is 5.82 Å². The fraction of sp³-hybridized carbons (Fsp3) is 0.0870. The van der Waals surface area contributed by atoms with Gasteiger partial charge in [-0.1, -0.05) is 23.7 Å². The van der Waals surface area contributed by atoms with Crippen LogP contribution in [-0.2, 0) is 0 Å². The molecule has 0 radical (unpaired) electrons. The number of carbonyl (C=O) groups excluding carboxylic acids is 2. The third-order valence-corrected chi connectivity index (χ3v) is 6.83. The summed E-state index contributed by atoms with van der Waals surface area (Å²) < 4.78 is 13.2. The quantitative estimate of drug-likeness (QED) is 0.327. The van der Waals surface area contributed by atoms with Crippen molar-refractivity contribution in [2.75, 3.05) is 10.6 Å². The Morgan fingerprint density at radius 2 is 1.75 bits per heavy atom. The third kappa shape index (κ3) is 4.88. The van der Waals surface area contributed by atoms with Crippen LogP contribution in [0.25, 0.3) is 11.3 Å². The van der Waals surface area contributed by atoms with Gasteiger partial charge in [-0.2, -0.15) is 0 Å². The van der Waals surface area contributed by atoms with Crippen LogP contribution in [0.4, 0.5) is 15.1 Å². The first-order chi connectivity index (χ1) is 15.3. The van der Waals surface area contributed by atoms with Crippen molar-refractivity contribution in [1.82, 2.24) is 4.98 Å². The Morgan fingerprint density at radius 3 is 2.41 bits per heavy atom. The highest BCUT2D eigenvalue weighted by Crippen LogP contribution is 2.29. The highest BCUT2D eigenvalue weighted by Gasteiger charge is 2.17. The number of aromatic nitrogens is 1. The first-order valence-electron chi connectivity index (χ1n) is 9.51. The zero-order valence-corrected chi connectivity index (χ0v) is 19.4. The number of amides is 2. The molecular weight excluding hydrogens is 469 g/mol. The second-order valence-electron chi connectivity index (χ2n) is 6.98. The van der Waals surface area contributed by atoms with Crippen LogP contribution in [0.15, 0.2) is 53.9 Å². The van der Waals surface area contributed by atoms with Crippen LogP contribution in [0.1, 0.15) is 30.6 Å². The van der Waals surface area contributed by atoms with Crippen LogP contribution in [0.3, 0.4) is 0 Å². The Balaban J connectivity index is 1.45. The van der Waals surface area contributed by atoms with Crippen LogP contribution in [0.2, 0.25) is 5.02 Å². The van der Waals surface area contributed by atoms with Gasteiger partial charge in [-0.3, -0.25) is 9.59 Å². The number of carbonyl (C=O) groups is 2. The maximum Gasteiger partial charge on any atom is 0.266 e. The van der Waals surface area contributed by atoms with Crippen molar-refractivity contribution in [2.45, 2.75) is 13.8 Å². The zero-order valence-electron chi connectivity index (χ0n) is 17.0. The minimum atomic E-state index is -0.521. The molecule has 32 heavy (non-hydrogen) atoms. The molecular formula is C23H17ClFN3O2S2. The molecule has 0 atom stereocenters. The lowest BCUT2D eigenvalue weighted by molar-refractivity contribution is 0.102. The lowest BCUT2D eigenvalue weighted by atomic mass is 10.1. The average Bonchev–Trinajstić information content (AvgIpc) is 3.33. The summed E-state index contributed by atoms with van der Waals surface area (Å²) >= 11 is 8.69. The molecule has 0 unspecified atom stereocenters. The summed E-state index contributed by atoms with van der Waals surface area (Å²) in [7, 11) is 0. The maximum atomic E-state index is 13.2. The van der Waals surface area contributed by atoms with E-state index in [1.807, 2.05) is 36.6 Å². The van der Waals surface area contributed by atoms with Gasteiger partial charge in [0, 0.05) is 16.6 Å². The number of hydrogen-bond acceptors (Lipinski definition) is 5. The van der Waals surface area contributed by atoms with Gasteiger partial charge in [0.15, 0.2) is 0 Å². The second kappa shape index (κ2) is 9.20. The van der Waals surface area contributed by atoms with Gasteiger partial charge in [-0.05, 0) is 55.8 Å². The van der Waals surface area contributed by atoms with E-state index in [9.17, 15) is 14.0 Å². The van der Waals surface area contributed by atoms with Crippen LogP contribution in [0, 0.1) is 19.7 Å². The van der Waals surface area contributed by atoms with Gasteiger partial charge in [-0.25, -0.2) is 9.37 Å². The fourth-order valence-electron chi connectivity index (χ4n) is 3.03. The van der Waals surface area contributed by atoms with Gasteiger partial charge in [-0.15, -0.1) is 22.7 Å². The largest absolute Gasteiger partial charge is 0.321 e. The molecule has 2 aromatic carbocycles. The highest BCUT2D eigenvalue weighted by molar-refractivity contribution is 7.18. The molecule has 2 N–H and O–H groups in total. The maximum absolute atomic E-state index is 13.2. The summed E-state index contributed by atoms with van der Waals surface area (Å²) in [5.74, 6) is -1.27. The van der Waals surface area contributed by atoms with Crippen molar-refractivity contribution < 1.29 is 14.0 Å². The molecule has 162 valence electrons. The number of thiophene rings is 1. The number of thiazole rings is 1. The normalized spacial score (nSPS) is 10.8. The summed E-state index contributed by atoms with van der Waals surface area (Å²) in [4.78, 5) is 30.2. The lowest BCUT2D eigenvalue weighted by Gasteiger charge is -2.06. The minimum Gasteiger partial charge on any atom is -0.321 e. The number of hydrogen-bond donors (Lipinski definition) is 2. The predicted molar refractivity (Wildman–Crippen MR) is 129 cm³/mol. The Bertz CT molecular complexity index is 1320. The van der Waals surface area contributed by atoms with E-state index in [4.69, 9.17) is 11.6 Å². The standard InChI is InChI=1S/C23H17ClFN3O2S2/c1-12-9-20(28-22(29)17-8-5-15(25)10-18(17)24)32-21(12)23(30)27-16-6-3-14(4-7-16)19-11-31-13(2)26-19/h3-11H,1-2H3,(H,27,30)(H,28,29). The van der Waals surface area contributed by atoms with Crippen LogP contribution in [-0.4, -0.2) is 16.8 Å². The molecule has 4 rings (SSSR count). The molecule has 0 aliphatic carbocycles. The molecule has 0 fully saturated rings. The summed E-state index contributed by atoms with van der Waals surface area (Å²) in [5.41, 5.74) is 3.41. The molecule has 4 aromatic rings. The van der Waals surface area contributed by atoms with Crippen molar-refractivity contribution in [3.05, 3.63) is 85.8 Å². The molecule has 2 aromatic heterocycles. The average molecular weight is 486 g/mol. The number of rotatable bonds is 5. The van der Waals surface area contributed by atoms with E-state index in [2.05, 4.69) is 15.6 Å². The Hall–Kier alpha value is -3.07. The summed E-state index contributed by atoms with van der Waals surface area (Å²) in [6.45, 7) is 3.75. The molecule has 2 amide bonds. The number of benzene rings is 2. The van der Waals surface area contributed by atoms with Crippen LogP contribution >= 0.6 is 34.3 Å². The van der Waals surface area contributed by atoms with E-state index in [0.29, 0.717) is 15.6 Å². The van der Waals surface area contributed by atoms with E-state index in [1.54, 1.807) is 24.3 Å². The van der Waals surface area contributed by atoms with Crippen molar-refractivity contribution in [1.29, 1.82) is 0 Å². The smallest absolute Gasteiger partial charge is 0.266 e. The molecule has 9 heteroatoms. The lowest BCUT2D eigenvalue weighted by Crippen LogP contribution is -2.12. The van der Waals surface area contributed by atoms with E-state index in [0.717, 1.165) is 39.2 Å². The molecule has 0 spiro atoms.